The van der Waals surface area contributed by atoms with Gasteiger partial charge in [-0.2, -0.15) is 15.8 Å². The van der Waals surface area contributed by atoms with Gasteiger partial charge in [0.25, 0.3) is 0 Å². The molecular weight excluding hydrogens is 156 g/mol. The average Bonchev–Trinajstić information content (AvgIpc) is 2.41. The summed E-state index contributed by atoms with van der Waals surface area (Å²) < 4.78 is 0.733. The van der Waals surface area contributed by atoms with Crippen LogP contribution in [0.4, 0.5) is 5.82 Å². The van der Waals surface area contributed by atoms with E-state index in [1.165, 1.54) is 0 Å². The summed E-state index contributed by atoms with van der Waals surface area (Å²) in [6.07, 6.45) is 1.60. The van der Waals surface area contributed by atoms with E-state index >= 15 is 0 Å². The average molecular weight is 158 g/mol. The first-order valence-electron chi connectivity index (χ1n) is 2.83. The molecule has 2 N–H and O–H groups in total. The molecule has 6 nitrogen and oxygen atoms in total. The molecule has 0 aromatic carbocycles. The maximum atomic E-state index is 8.50. The van der Waals surface area contributed by atoms with Crippen LogP contribution in [0.25, 0.3) is 0 Å². The smallest absolute Gasteiger partial charge is 0.208 e. The van der Waals surface area contributed by atoms with Crippen molar-refractivity contribution in [2.75, 3.05) is 5.73 Å². The number of nitriles is 3. The Morgan fingerprint density at radius 3 is 2.25 bits per heavy atom. The molecule has 0 radical (unpaired) electrons. The molecule has 6 heteroatoms. The molecule has 0 aliphatic heterocycles. The Morgan fingerprint density at radius 2 is 1.92 bits per heavy atom. The van der Waals surface area contributed by atoms with E-state index in [0.717, 1.165) is 4.68 Å². The molecule has 1 rings (SSSR count). The Hall–Kier alpha value is -2.52. The number of aromatic nitrogens is 2. The van der Waals surface area contributed by atoms with Crippen molar-refractivity contribution in [2.24, 2.45) is 0 Å². The van der Waals surface area contributed by atoms with Gasteiger partial charge >= 0.3 is 0 Å². The minimum absolute atomic E-state index is 0.0564. The number of hydrogen-bond acceptors (Lipinski definition) is 5. The monoisotopic (exact) mass is 158 g/mol. The van der Waals surface area contributed by atoms with Gasteiger partial charge in [-0.25, -0.2) is 0 Å². The van der Waals surface area contributed by atoms with Crippen molar-refractivity contribution in [3.63, 3.8) is 0 Å². The van der Waals surface area contributed by atoms with Crippen molar-refractivity contribution in [1.29, 1.82) is 15.8 Å². The summed E-state index contributed by atoms with van der Waals surface area (Å²) in [5, 5.41) is 28.8. The van der Waals surface area contributed by atoms with E-state index in [1.807, 2.05) is 0 Å². The summed E-state index contributed by atoms with van der Waals surface area (Å²) in [4.78, 5) is 0. The minimum atomic E-state index is -0.128. The molecule has 1 heterocycles. The zero-order valence-corrected chi connectivity index (χ0v) is 5.81. The highest BCUT2D eigenvalue weighted by atomic mass is 15.3. The third-order valence-corrected chi connectivity index (χ3v) is 1.23. The van der Waals surface area contributed by atoms with E-state index in [4.69, 9.17) is 21.5 Å². The lowest BCUT2D eigenvalue weighted by Gasteiger charge is -1.85. The first-order chi connectivity index (χ1) is 5.74. The molecule has 12 heavy (non-hydrogen) atoms. The van der Waals surface area contributed by atoms with E-state index < -0.39 is 0 Å². The molecule has 0 saturated heterocycles. The Bertz CT molecular complexity index is 434. The predicted octanol–water partition coefficient (Wildman–Crippen LogP) is -0.462. The lowest BCUT2D eigenvalue weighted by Crippen LogP contribution is -1.98. The molecule has 0 unspecified atom stereocenters. The van der Waals surface area contributed by atoms with Crippen molar-refractivity contribution >= 4 is 5.82 Å². The van der Waals surface area contributed by atoms with Gasteiger partial charge in [0.15, 0.2) is 11.5 Å². The third-order valence-electron chi connectivity index (χ3n) is 1.23. The van der Waals surface area contributed by atoms with E-state index in [0.29, 0.717) is 0 Å². The van der Waals surface area contributed by atoms with Gasteiger partial charge in [0, 0.05) is 0 Å². The molecule has 1 aromatic heterocycles. The van der Waals surface area contributed by atoms with Gasteiger partial charge in [0.05, 0.1) is 0 Å². The SMILES string of the molecule is N#Cc1nn(C#N)c(N)c1C#N. The molecule has 56 valence electrons. The van der Waals surface area contributed by atoms with Crippen LogP contribution in [0.5, 0.6) is 0 Å². The van der Waals surface area contributed by atoms with Gasteiger partial charge in [0.2, 0.25) is 6.19 Å². The third kappa shape index (κ3) is 0.828. The number of nitrogen functional groups attached to an aromatic ring is 1. The maximum Gasteiger partial charge on any atom is 0.208 e. The molecule has 0 amide bonds. The Balaban J connectivity index is 3.51. The fraction of sp³-hybridized carbons (Fsp3) is 0. The highest BCUT2D eigenvalue weighted by Gasteiger charge is 2.13. The summed E-state index contributed by atoms with van der Waals surface area (Å²) in [6.45, 7) is 0. The highest BCUT2D eigenvalue weighted by molar-refractivity contribution is 5.56. The predicted molar refractivity (Wildman–Crippen MR) is 37.1 cm³/mol. The maximum absolute atomic E-state index is 8.50. The standard InChI is InChI=1S/C6H2N6/c7-1-4-5(2-8)11-12(3-9)6(4)10/h10H2. The van der Waals surface area contributed by atoms with Gasteiger partial charge in [-0.1, -0.05) is 0 Å². The Kier molecular flexibility index (Phi) is 1.65. The van der Waals surface area contributed by atoms with Crippen LogP contribution in [0, 0.1) is 34.1 Å². The molecule has 0 aliphatic carbocycles. The largest absolute Gasteiger partial charge is 0.382 e. The normalized spacial score (nSPS) is 8.08. The van der Waals surface area contributed by atoms with E-state index in [2.05, 4.69) is 5.10 Å². The minimum Gasteiger partial charge on any atom is -0.382 e. The first-order valence-corrected chi connectivity index (χ1v) is 2.83. The highest BCUT2D eigenvalue weighted by Crippen LogP contribution is 2.13. The fourth-order valence-corrected chi connectivity index (χ4v) is 0.696. The fourth-order valence-electron chi connectivity index (χ4n) is 0.696. The number of nitrogens with two attached hydrogens (primary N) is 1. The van der Waals surface area contributed by atoms with Crippen LogP contribution in [0.3, 0.4) is 0 Å². The van der Waals surface area contributed by atoms with Crippen LogP contribution in [-0.4, -0.2) is 9.78 Å². The van der Waals surface area contributed by atoms with Crippen molar-refractivity contribution in [1.82, 2.24) is 9.78 Å². The second-order valence-corrected chi connectivity index (χ2v) is 1.84. The zero-order chi connectivity index (χ0) is 9.14. The Labute approximate surface area is 67.7 Å². The van der Waals surface area contributed by atoms with Crippen LogP contribution in [0.2, 0.25) is 0 Å². The van der Waals surface area contributed by atoms with E-state index in [9.17, 15) is 0 Å². The first kappa shape index (κ1) is 7.59. The van der Waals surface area contributed by atoms with Crippen molar-refractivity contribution in [3.8, 4) is 18.3 Å². The summed E-state index contributed by atoms with van der Waals surface area (Å²) in [5.74, 6) is -0.100. The molecule has 0 fully saturated rings. The molecule has 0 aliphatic rings. The molecule has 0 bridgehead atoms. The van der Waals surface area contributed by atoms with Gasteiger partial charge in [-0.3, -0.25) is 0 Å². The van der Waals surface area contributed by atoms with Crippen molar-refractivity contribution in [3.05, 3.63) is 11.3 Å². The molecule has 0 atom stereocenters. The van der Waals surface area contributed by atoms with Crippen LogP contribution in [0.15, 0.2) is 0 Å². The molecule has 1 aromatic rings. The Morgan fingerprint density at radius 1 is 1.25 bits per heavy atom. The summed E-state index contributed by atoms with van der Waals surface area (Å²) in [6, 6.07) is 3.34. The van der Waals surface area contributed by atoms with Crippen LogP contribution >= 0.6 is 0 Å². The quantitative estimate of drug-likeness (QED) is 0.548. The molecular formula is C6H2N6. The van der Waals surface area contributed by atoms with E-state index in [-0.39, 0.29) is 17.1 Å². The van der Waals surface area contributed by atoms with Crippen molar-refractivity contribution in [2.45, 2.75) is 0 Å². The summed E-state index contributed by atoms with van der Waals surface area (Å²) in [5.41, 5.74) is 5.12. The van der Waals surface area contributed by atoms with Gasteiger partial charge < -0.3 is 5.73 Å². The van der Waals surface area contributed by atoms with Crippen molar-refractivity contribution < 1.29 is 0 Å². The number of hydrogen-bond donors (Lipinski definition) is 1. The van der Waals surface area contributed by atoms with Crippen LogP contribution < -0.4 is 5.73 Å². The lowest BCUT2D eigenvalue weighted by atomic mass is 10.3. The van der Waals surface area contributed by atoms with E-state index in [1.54, 1.807) is 18.3 Å². The van der Waals surface area contributed by atoms with Gasteiger partial charge in [0.1, 0.15) is 17.7 Å². The second-order valence-electron chi connectivity index (χ2n) is 1.84. The summed E-state index contributed by atoms with van der Waals surface area (Å²) in [7, 11) is 0. The summed E-state index contributed by atoms with van der Waals surface area (Å²) >= 11 is 0. The second kappa shape index (κ2) is 2.61. The molecule has 0 spiro atoms. The number of nitrogens with zero attached hydrogens (tertiary/aromatic N) is 5. The topological polar surface area (TPSA) is 115 Å². The van der Waals surface area contributed by atoms with Gasteiger partial charge in [-0.15, -0.1) is 9.78 Å². The van der Waals surface area contributed by atoms with Crippen LogP contribution in [0.1, 0.15) is 11.3 Å². The zero-order valence-electron chi connectivity index (χ0n) is 5.81. The number of anilines is 1. The number of rotatable bonds is 0. The van der Waals surface area contributed by atoms with Crippen LogP contribution in [-0.2, 0) is 0 Å². The van der Waals surface area contributed by atoms with Gasteiger partial charge in [-0.05, 0) is 0 Å². The molecule has 0 saturated carbocycles. The lowest BCUT2D eigenvalue weighted by molar-refractivity contribution is 0.900.